The lowest BCUT2D eigenvalue weighted by Crippen LogP contribution is -2.34. The molecule has 0 bridgehead atoms. The molecule has 0 amide bonds. The van der Waals surface area contributed by atoms with E-state index in [1.165, 1.54) is 0 Å². The van der Waals surface area contributed by atoms with Crippen LogP contribution < -0.4 is 0 Å². The van der Waals surface area contributed by atoms with E-state index in [0.717, 1.165) is 6.47 Å². The molecule has 1 fully saturated rings. The van der Waals surface area contributed by atoms with Crippen molar-refractivity contribution < 1.29 is 22.7 Å². The monoisotopic (exact) mass is 195 g/mol. The maximum Gasteiger partial charge on any atom is 0.418 e. The number of hydrogen-bond donors (Lipinski definition) is 0. The Hall–Kier alpha value is -0.740. The Kier molecular flexibility index (Phi) is 2.83. The second-order valence-corrected chi connectivity index (χ2v) is 3.37. The zero-order chi connectivity index (χ0) is 9.95. The summed E-state index contributed by atoms with van der Waals surface area (Å²) in [4.78, 5) is 9.94. The standard InChI is InChI=1S/C8H10F3O2/c9-8(10,11)5-7(13-6-12)3-1-2-4-7/h1-5H2. The van der Waals surface area contributed by atoms with Crippen molar-refractivity contribution in [3.05, 3.63) is 0 Å². The highest BCUT2D eigenvalue weighted by Gasteiger charge is 2.46. The second-order valence-electron chi connectivity index (χ2n) is 3.37. The van der Waals surface area contributed by atoms with E-state index in [0.29, 0.717) is 25.7 Å². The molecule has 13 heavy (non-hydrogen) atoms. The minimum atomic E-state index is -4.28. The maximum absolute atomic E-state index is 12.1. The van der Waals surface area contributed by atoms with Gasteiger partial charge in [0.05, 0.1) is 6.42 Å². The van der Waals surface area contributed by atoms with E-state index in [4.69, 9.17) is 0 Å². The van der Waals surface area contributed by atoms with Crippen LogP contribution in [0.3, 0.4) is 0 Å². The van der Waals surface area contributed by atoms with E-state index in [2.05, 4.69) is 4.74 Å². The first-order valence-corrected chi connectivity index (χ1v) is 4.09. The molecule has 0 saturated heterocycles. The van der Waals surface area contributed by atoms with Crippen molar-refractivity contribution in [2.75, 3.05) is 0 Å². The van der Waals surface area contributed by atoms with Crippen molar-refractivity contribution in [1.29, 1.82) is 0 Å². The first-order chi connectivity index (χ1) is 5.97. The summed E-state index contributed by atoms with van der Waals surface area (Å²) in [6.07, 6.45) is -3.38. The number of ether oxygens (including phenoxy) is 1. The summed E-state index contributed by atoms with van der Waals surface area (Å²) in [5.74, 6) is 0. The predicted octanol–water partition coefficient (Wildman–Crippen LogP) is 2.34. The van der Waals surface area contributed by atoms with Gasteiger partial charge in [0.1, 0.15) is 5.60 Å². The molecule has 0 aromatic heterocycles. The molecule has 0 N–H and O–H groups in total. The summed E-state index contributed by atoms with van der Waals surface area (Å²) >= 11 is 0. The van der Waals surface area contributed by atoms with Gasteiger partial charge in [0, 0.05) is 0 Å². The van der Waals surface area contributed by atoms with Crippen LogP contribution in [0.1, 0.15) is 32.1 Å². The summed E-state index contributed by atoms with van der Waals surface area (Å²) in [6.45, 7) is 1.12. The summed E-state index contributed by atoms with van der Waals surface area (Å²) in [6, 6.07) is 0. The fourth-order valence-electron chi connectivity index (χ4n) is 1.79. The number of hydrogen-bond acceptors (Lipinski definition) is 2. The summed E-state index contributed by atoms with van der Waals surface area (Å²) in [5.41, 5.74) is -1.32. The molecule has 1 aliphatic carbocycles. The number of alkyl halides is 3. The van der Waals surface area contributed by atoms with Crippen molar-refractivity contribution in [3.63, 3.8) is 0 Å². The van der Waals surface area contributed by atoms with E-state index in [1.54, 1.807) is 0 Å². The Morgan fingerprint density at radius 1 is 1.31 bits per heavy atom. The third-order valence-corrected chi connectivity index (χ3v) is 2.30. The molecule has 0 heterocycles. The molecule has 1 saturated carbocycles. The smallest absolute Gasteiger partial charge is 0.418 e. The molecule has 0 aliphatic heterocycles. The van der Waals surface area contributed by atoms with E-state index >= 15 is 0 Å². The van der Waals surface area contributed by atoms with Crippen molar-refractivity contribution in [2.24, 2.45) is 0 Å². The fourth-order valence-corrected chi connectivity index (χ4v) is 1.79. The van der Waals surface area contributed by atoms with E-state index < -0.39 is 18.2 Å². The van der Waals surface area contributed by atoms with Crippen molar-refractivity contribution in [1.82, 2.24) is 0 Å². The van der Waals surface area contributed by atoms with Crippen LogP contribution in [-0.4, -0.2) is 18.2 Å². The molecule has 0 aromatic rings. The lowest BCUT2D eigenvalue weighted by Gasteiger charge is -2.27. The molecular weight excluding hydrogens is 185 g/mol. The Balaban J connectivity index is 2.61. The van der Waals surface area contributed by atoms with Crippen molar-refractivity contribution in [3.8, 4) is 0 Å². The van der Waals surface area contributed by atoms with Crippen LogP contribution in [0.15, 0.2) is 0 Å². The molecule has 0 spiro atoms. The molecule has 5 heteroatoms. The quantitative estimate of drug-likeness (QED) is 0.690. The van der Waals surface area contributed by atoms with Crippen LogP contribution >= 0.6 is 0 Å². The summed E-state index contributed by atoms with van der Waals surface area (Å²) in [7, 11) is 0. The van der Waals surface area contributed by atoms with Gasteiger partial charge in [0.2, 0.25) is 0 Å². The van der Waals surface area contributed by atoms with E-state index in [-0.39, 0.29) is 0 Å². The minimum Gasteiger partial charge on any atom is -0.450 e. The molecular formula is C8H10F3O2. The summed E-state index contributed by atoms with van der Waals surface area (Å²) < 4.78 is 40.6. The zero-order valence-corrected chi connectivity index (χ0v) is 6.99. The molecule has 0 unspecified atom stereocenters. The first kappa shape index (κ1) is 10.3. The Labute approximate surface area is 74.1 Å². The van der Waals surface area contributed by atoms with Gasteiger partial charge in [-0.15, -0.1) is 0 Å². The number of halogens is 3. The van der Waals surface area contributed by atoms with Gasteiger partial charge in [0.15, 0.2) is 0 Å². The summed E-state index contributed by atoms with van der Waals surface area (Å²) in [5, 5.41) is 0. The van der Waals surface area contributed by atoms with Crippen molar-refractivity contribution >= 4 is 6.47 Å². The highest BCUT2D eigenvalue weighted by atomic mass is 19.4. The van der Waals surface area contributed by atoms with Gasteiger partial charge < -0.3 is 4.74 Å². The van der Waals surface area contributed by atoms with Crippen LogP contribution in [-0.2, 0) is 9.53 Å². The zero-order valence-electron chi connectivity index (χ0n) is 6.99. The minimum absolute atomic E-state index is 0.293. The highest BCUT2D eigenvalue weighted by molar-refractivity contribution is 5.39. The molecule has 1 rings (SSSR count). The van der Waals surface area contributed by atoms with Gasteiger partial charge in [-0.1, -0.05) is 0 Å². The Bertz CT molecular complexity index is 182. The molecule has 1 aliphatic rings. The molecule has 2 nitrogen and oxygen atoms in total. The van der Waals surface area contributed by atoms with Gasteiger partial charge in [-0.05, 0) is 25.7 Å². The largest absolute Gasteiger partial charge is 0.450 e. The molecule has 75 valence electrons. The normalized spacial score (nSPS) is 21.5. The number of rotatable bonds is 3. The van der Waals surface area contributed by atoms with Gasteiger partial charge in [0.25, 0.3) is 0 Å². The van der Waals surface area contributed by atoms with Crippen LogP contribution in [0.2, 0.25) is 0 Å². The lowest BCUT2D eigenvalue weighted by atomic mass is 9.97. The van der Waals surface area contributed by atoms with Crippen LogP contribution in [0.25, 0.3) is 0 Å². The molecule has 0 aromatic carbocycles. The average molecular weight is 195 g/mol. The Morgan fingerprint density at radius 2 is 1.85 bits per heavy atom. The molecule has 0 atom stereocenters. The van der Waals surface area contributed by atoms with E-state index in [9.17, 15) is 18.0 Å². The van der Waals surface area contributed by atoms with Gasteiger partial charge in [-0.3, -0.25) is 0 Å². The fraction of sp³-hybridized carbons (Fsp3) is 0.875. The van der Waals surface area contributed by atoms with Gasteiger partial charge in [-0.25, -0.2) is 4.79 Å². The lowest BCUT2D eigenvalue weighted by molar-refractivity contribution is -0.171. The SMILES string of the molecule is O=[C]OC1(CC(F)(F)F)CCCC1. The number of carbonyl (C=O) groups excluding carboxylic acids is 1. The topological polar surface area (TPSA) is 26.3 Å². The second kappa shape index (κ2) is 3.55. The van der Waals surface area contributed by atoms with Gasteiger partial charge in [-0.2, -0.15) is 13.2 Å². The van der Waals surface area contributed by atoms with Crippen molar-refractivity contribution in [2.45, 2.75) is 43.9 Å². The van der Waals surface area contributed by atoms with E-state index in [1.807, 2.05) is 0 Å². The highest BCUT2D eigenvalue weighted by Crippen LogP contribution is 2.41. The maximum atomic E-state index is 12.1. The average Bonchev–Trinajstić information content (AvgIpc) is 2.33. The Morgan fingerprint density at radius 3 is 2.23 bits per heavy atom. The van der Waals surface area contributed by atoms with Gasteiger partial charge >= 0.3 is 12.6 Å². The van der Waals surface area contributed by atoms with Crippen LogP contribution in [0.4, 0.5) is 13.2 Å². The van der Waals surface area contributed by atoms with Crippen LogP contribution in [0.5, 0.6) is 0 Å². The first-order valence-electron chi connectivity index (χ1n) is 4.09. The van der Waals surface area contributed by atoms with Crippen LogP contribution in [0, 0.1) is 0 Å². The predicted molar refractivity (Wildman–Crippen MR) is 38.6 cm³/mol. The third-order valence-electron chi connectivity index (χ3n) is 2.30. The third kappa shape index (κ3) is 2.90. The molecule has 1 radical (unpaired) electrons.